The molecule has 0 radical (unpaired) electrons. The molecule has 0 heterocycles. The summed E-state index contributed by atoms with van der Waals surface area (Å²) in [6.07, 6.45) is 1.53. The Morgan fingerprint density at radius 1 is 1.10 bits per heavy atom. The molecule has 2 aromatic carbocycles. The lowest BCUT2D eigenvalue weighted by Gasteiger charge is -2.14. The number of amides is 1. The molecule has 0 aliphatic heterocycles. The van der Waals surface area contributed by atoms with Crippen molar-refractivity contribution in [2.45, 2.75) is 0 Å². The Morgan fingerprint density at radius 2 is 1.72 bits per heavy atom. The third-order valence-electron chi connectivity index (χ3n) is 3.58. The van der Waals surface area contributed by atoms with Crippen LogP contribution in [0, 0.1) is 0 Å². The molecular formula is C19H22N4O5S. The van der Waals surface area contributed by atoms with Crippen LogP contribution >= 0.6 is 12.2 Å². The van der Waals surface area contributed by atoms with Gasteiger partial charge in [0.05, 0.1) is 33.2 Å². The number of ether oxygens (including phenoxy) is 4. The number of hydrogen-bond acceptors (Lipinski definition) is 7. The molecule has 0 atom stereocenters. The maximum absolute atomic E-state index is 11.0. The Hall–Kier alpha value is -3.53. The van der Waals surface area contributed by atoms with Gasteiger partial charge in [-0.15, -0.1) is 0 Å². The lowest BCUT2D eigenvalue weighted by Crippen LogP contribution is -2.24. The van der Waals surface area contributed by atoms with Crippen LogP contribution in [0.3, 0.4) is 0 Å². The van der Waals surface area contributed by atoms with Crippen LogP contribution in [-0.4, -0.2) is 45.2 Å². The van der Waals surface area contributed by atoms with E-state index in [4.69, 9.17) is 36.9 Å². The summed E-state index contributed by atoms with van der Waals surface area (Å²) in [7, 11) is 4.52. The van der Waals surface area contributed by atoms with E-state index in [1.54, 1.807) is 19.2 Å². The number of methoxy groups -OCH3 is 3. The predicted octanol–water partition coefficient (Wildman–Crippen LogP) is 1.90. The first-order valence-electron chi connectivity index (χ1n) is 8.38. The normalized spacial score (nSPS) is 10.3. The smallest absolute Gasteiger partial charge is 0.255 e. The minimum atomic E-state index is -0.611. The molecule has 0 saturated heterocycles. The first-order chi connectivity index (χ1) is 14.0. The molecule has 10 heteroatoms. The third kappa shape index (κ3) is 6.25. The van der Waals surface area contributed by atoms with Crippen molar-refractivity contribution in [3.05, 3.63) is 42.0 Å². The summed E-state index contributed by atoms with van der Waals surface area (Å²) in [4.78, 5) is 11.0. The monoisotopic (exact) mass is 418 g/mol. The lowest BCUT2D eigenvalue weighted by atomic mass is 10.2. The molecule has 0 aromatic heterocycles. The number of rotatable bonds is 9. The SMILES string of the molecule is COc1ccccc1NC(=S)N/N=C\c1cc(OC)c(OCC(N)=O)c(OC)c1. The first kappa shape index (κ1) is 21.8. The average Bonchev–Trinajstić information content (AvgIpc) is 2.72. The number of anilines is 1. The summed E-state index contributed by atoms with van der Waals surface area (Å²) in [6, 6.07) is 10.7. The molecule has 2 rings (SSSR count). The Labute approximate surface area is 173 Å². The zero-order valence-corrected chi connectivity index (χ0v) is 17.0. The fourth-order valence-corrected chi connectivity index (χ4v) is 2.49. The van der Waals surface area contributed by atoms with Crippen molar-refractivity contribution in [2.75, 3.05) is 33.3 Å². The van der Waals surface area contributed by atoms with Crippen molar-refractivity contribution in [1.82, 2.24) is 5.43 Å². The highest BCUT2D eigenvalue weighted by molar-refractivity contribution is 7.80. The summed E-state index contributed by atoms with van der Waals surface area (Å²) in [5.74, 6) is 1.04. The van der Waals surface area contributed by atoms with Crippen molar-refractivity contribution in [3.8, 4) is 23.0 Å². The Kier molecular flexibility index (Phi) is 8.04. The molecule has 0 unspecified atom stereocenters. The van der Waals surface area contributed by atoms with Crippen LogP contribution in [0.2, 0.25) is 0 Å². The van der Waals surface area contributed by atoms with E-state index in [9.17, 15) is 4.79 Å². The summed E-state index contributed by atoms with van der Waals surface area (Å²) < 4.78 is 21.2. The van der Waals surface area contributed by atoms with E-state index < -0.39 is 5.91 Å². The molecule has 1 amide bonds. The number of nitrogens with one attached hydrogen (secondary N) is 2. The minimum Gasteiger partial charge on any atom is -0.495 e. The topological polar surface area (TPSA) is 116 Å². The number of benzene rings is 2. The predicted molar refractivity (Wildman–Crippen MR) is 114 cm³/mol. The van der Waals surface area contributed by atoms with Gasteiger partial charge < -0.3 is 30.0 Å². The van der Waals surface area contributed by atoms with Crippen molar-refractivity contribution >= 4 is 35.1 Å². The second-order valence-corrected chi connectivity index (χ2v) is 5.94. The van der Waals surface area contributed by atoms with E-state index in [0.717, 1.165) is 0 Å². The van der Waals surface area contributed by atoms with Crippen molar-refractivity contribution in [3.63, 3.8) is 0 Å². The van der Waals surface area contributed by atoms with Crippen LogP contribution < -0.4 is 35.4 Å². The quantitative estimate of drug-likeness (QED) is 0.321. The molecular weight excluding hydrogens is 396 g/mol. The third-order valence-corrected chi connectivity index (χ3v) is 3.77. The molecule has 9 nitrogen and oxygen atoms in total. The van der Waals surface area contributed by atoms with Crippen molar-refractivity contribution < 1.29 is 23.7 Å². The van der Waals surface area contributed by atoms with Crippen LogP contribution in [0.1, 0.15) is 5.56 Å². The van der Waals surface area contributed by atoms with Crippen LogP contribution in [0.5, 0.6) is 23.0 Å². The number of nitrogens with two attached hydrogens (primary N) is 1. The molecule has 0 aliphatic carbocycles. The average molecular weight is 418 g/mol. The molecule has 0 spiro atoms. The summed E-state index contributed by atoms with van der Waals surface area (Å²) in [5, 5.41) is 7.38. The number of thiocarbonyl (C=S) groups is 1. The summed E-state index contributed by atoms with van der Waals surface area (Å²) in [6.45, 7) is -0.301. The van der Waals surface area contributed by atoms with E-state index in [1.807, 2.05) is 24.3 Å². The van der Waals surface area contributed by atoms with Gasteiger partial charge in [0.2, 0.25) is 5.75 Å². The minimum absolute atomic E-state index is 0.271. The number of para-hydroxylation sites is 2. The maximum atomic E-state index is 11.0. The summed E-state index contributed by atoms with van der Waals surface area (Å²) in [5.41, 5.74) is 9.20. The molecule has 0 saturated carbocycles. The number of hydrazone groups is 1. The second kappa shape index (κ2) is 10.7. The van der Waals surface area contributed by atoms with Gasteiger partial charge >= 0.3 is 0 Å². The van der Waals surface area contributed by atoms with Crippen molar-refractivity contribution in [2.24, 2.45) is 10.8 Å². The highest BCUT2D eigenvalue weighted by Crippen LogP contribution is 2.38. The Bertz CT molecular complexity index is 879. The molecule has 0 fully saturated rings. The van der Waals surface area contributed by atoms with Crippen molar-refractivity contribution in [1.29, 1.82) is 0 Å². The van der Waals surface area contributed by atoms with E-state index in [2.05, 4.69) is 15.8 Å². The standard InChI is InChI=1S/C19H22N4O5S/c1-25-14-7-5-4-6-13(14)22-19(29)23-21-10-12-8-15(26-2)18(16(9-12)27-3)28-11-17(20)24/h4-10H,11H2,1-3H3,(H2,20,24)(H2,22,23,29)/b21-10-. The molecule has 29 heavy (non-hydrogen) atoms. The fourth-order valence-electron chi connectivity index (χ4n) is 2.32. The number of nitrogens with zero attached hydrogens (tertiary/aromatic N) is 1. The van der Waals surface area contributed by atoms with E-state index in [0.29, 0.717) is 28.5 Å². The summed E-state index contributed by atoms with van der Waals surface area (Å²) >= 11 is 5.23. The van der Waals surface area contributed by atoms with Crippen LogP contribution in [0.4, 0.5) is 5.69 Å². The fraction of sp³-hybridized carbons (Fsp3) is 0.211. The van der Waals surface area contributed by atoms with Gasteiger partial charge in [-0.1, -0.05) is 12.1 Å². The molecule has 0 bridgehead atoms. The molecule has 0 aliphatic rings. The lowest BCUT2D eigenvalue weighted by molar-refractivity contribution is -0.120. The zero-order chi connectivity index (χ0) is 21.2. The van der Waals surface area contributed by atoms with Gasteiger partial charge in [0, 0.05) is 5.56 Å². The van der Waals surface area contributed by atoms with Gasteiger partial charge in [-0.25, -0.2) is 0 Å². The number of primary amides is 1. The Balaban J connectivity index is 2.09. The molecule has 2 aromatic rings. The largest absolute Gasteiger partial charge is 0.495 e. The second-order valence-electron chi connectivity index (χ2n) is 5.53. The molecule has 154 valence electrons. The zero-order valence-electron chi connectivity index (χ0n) is 16.2. The first-order valence-corrected chi connectivity index (χ1v) is 8.79. The van der Waals surface area contributed by atoms with E-state index >= 15 is 0 Å². The van der Waals surface area contributed by atoms with Gasteiger partial charge in [-0.05, 0) is 36.5 Å². The van der Waals surface area contributed by atoms with Gasteiger partial charge in [0.25, 0.3) is 5.91 Å². The number of carbonyl (C=O) groups is 1. The Morgan fingerprint density at radius 3 is 2.31 bits per heavy atom. The number of hydrogen-bond donors (Lipinski definition) is 3. The number of carbonyl (C=O) groups excluding carboxylic acids is 1. The van der Waals surface area contributed by atoms with Gasteiger partial charge in [-0.2, -0.15) is 5.10 Å². The van der Waals surface area contributed by atoms with E-state index in [1.165, 1.54) is 20.4 Å². The van der Waals surface area contributed by atoms with E-state index in [-0.39, 0.29) is 17.5 Å². The highest BCUT2D eigenvalue weighted by Gasteiger charge is 2.14. The van der Waals surface area contributed by atoms with Crippen LogP contribution in [0.15, 0.2) is 41.5 Å². The van der Waals surface area contributed by atoms with Gasteiger partial charge in [-0.3, -0.25) is 10.2 Å². The highest BCUT2D eigenvalue weighted by atomic mass is 32.1. The molecule has 4 N–H and O–H groups in total. The van der Waals surface area contributed by atoms with Gasteiger partial charge in [0.15, 0.2) is 23.2 Å². The van der Waals surface area contributed by atoms with Crippen LogP contribution in [0.25, 0.3) is 0 Å². The maximum Gasteiger partial charge on any atom is 0.255 e. The van der Waals surface area contributed by atoms with Gasteiger partial charge in [0.1, 0.15) is 5.75 Å². The van der Waals surface area contributed by atoms with Crippen LogP contribution in [-0.2, 0) is 4.79 Å².